The quantitative estimate of drug-likeness (QED) is 0.596. The summed E-state index contributed by atoms with van der Waals surface area (Å²) in [5.41, 5.74) is 4.82. The number of anilines is 1. The van der Waals surface area contributed by atoms with Crippen molar-refractivity contribution in [1.82, 2.24) is 9.97 Å². The van der Waals surface area contributed by atoms with Crippen molar-refractivity contribution < 1.29 is 4.74 Å². The molecule has 0 aromatic carbocycles. The molecule has 0 amide bonds. The number of nitrogen functional groups attached to an aromatic ring is 1. The van der Waals surface area contributed by atoms with E-state index in [1.807, 2.05) is 18.7 Å². The van der Waals surface area contributed by atoms with Gasteiger partial charge in [0.25, 0.3) is 0 Å². The zero-order valence-electron chi connectivity index (χ0n) is 8.78. The molecule has 1 aromatic rings. The fraction of sp³-hybridized carbons (Fsp3) is 0.556. The van der Waals surface area contributed by atoms with Crippen LogP contribution >= 0.6 is 11.8 Å². The molecule has 1 atom stereocenters. The molecule has 0 spiro atoms. The molecule has 0 radical (unpaired) electrons. The summed E-state index contributed by atoms with van der Waals surface area (Å²) in [5, 5.41) is 0. The maximum Gasteiger partial charge on any atom is 0.159 e. The van der Waals surface area contributed by atoms with Gasteiger partial charge in [0.05, 0.1) is 5.69 Å². The second kappa shape index (κ2) is 4.34. The highest BCUT2D eigenvalue weighted by Crippen LogP contribution is 2.33. The Hall–Kier alpha value is -0.850. The van der Waals surface area contributed by atoms with Crippen LogP contribution in [0, 0.1) is 0 Å². The highest BCUT2D eigenvalue weighted by molar-refractivity contribution is 7.98. The van der Waals surface area contributed by atoms with Gasteiger partial charge in [-0.1, -0.05) is 0 Å². The molecule has 3 N–H and O–H groups in total. The zero-order chi connectivity index (χ0) is 10.8. The number of ether oxygens (including phenoxy) is 1. The maximum absolute atomic E-state index is 5.44. The van der Waals surface area contributed by atoms with Gasteiger partial charge in [-0.15, -0.1) is 0 Å². The molecule has 0 aliphatic carbocycles. The first-order valence-corrected chi connectivity index (χ1v) is 5.88. The van der Waals surface area contributed by atoms with Gasteiger partial charge in [-0.25, -0.2) is 15.8 Å². The predicted octanol–water partition coefficient (Wildman–Crippen LogP) is 1.22. The first-order chi connectivity index (χ1) is 7.26. The molecule has 0 fully saturated rings. The number of nitrogens with two attached hydrogens (primary N) is 1. The summed E-state index contributed by atoms with van der Waals surface area (Å²) in [5.74, 6) is 8.71. The molecule has 5 nitrogen and oxygen atoms in total. The van der Waals surface area contributed by atoms with E-state index in [0.717, 1.165) is 28.6 Å². The molecule has 1 aromatic heterocycles. The lowest BCUT2D eigenvalue weighted by molar-refractivity contribution is 0.112. The summed E-state index contributed by atoms with van der Waals surface area (Å²) in [6.45, 7) is 1.92. The van der Waals surface area contributed by atoms with Gasteiger partial charge in [-0.05, 0) is 6.92 Å². The number of thioether (sulfide) groups is 1. The average Bonchev–Trinajstić information content (AvgIpc) is 2.74. The van der Waals surface area contributed by atoms with E-state index in [0.29, 0.717) is 5.82 Å². The van der Waals surface area contributed by atoms with Crippen LogP contribution in [0.4, 0.5) is 5.82 Å². The van der Waals surface area contributed by atoms with Crippen molar-refractivity contribution in [3.63, 3.8) is 0 Å². The average molecular weight is 226 g/mol. The zero-order valence-corrected chi connectivity index (χ0v) is 9.60. The van der Waals surface area contributed by atoms with Crippen LogP contribution < -0.4 is 11.3 Å². The third-order valence-corrected chi connectivity index (χ3v) is 3.42. The molecule has 82 valence electrons. The molecule has 15 heavy (non-hydrogen) atoms. The maximum atomic E-state index is 5.44. The van der Waals surface area contributed by atoms with Gasteiger partial charge in [-0.3, -0.25) is 0 Å². The van der Waals surface area contributed by atoms with Crippen LogP contribution in [-0.4, -0.2) is 17.1 Å². The van der Waals surface area contributed by atoms with E-state index in [1.54, 1.807) is 7.11 Å². The number of hydrogen-bond acceptors (Lipinski definition) is 6. The normalized spacial score (nSPS) is 16.2. The Morgan fingerprint density at radius 1 is 1.47 bits per heavy atom. The first kappa shape index (κ1) is 10.7. The van der Waals surface area contributed by atoms with Crippen LogP contribution in [0.3, 0.4) is 0 Å². The lowest BCUT2D eigenvalue weighted by Gasteiger charge is -2.12. The van der Waals surface area contributed by atoms with Crippen LogP contribution in [0.1, 0.15) is 30.1 Å². The van der Waals surface area contributed by atoms with E-state index in [-0.39, 0.29) is 6.10 Å². The van der Waals surface area contributed by atoms with Gasteiger partial charge in [0.2, 0.25) is 0 Å². The standard InChI is InChI=1S/C9H14N4OS/c1-5(14-2)8-11-7-4-15-3-6(7)9(12-8)13-10/h5H,3-4,10H2,1-2H3,(H,11,12,13). The van der Waals surface area contributed by atoms with E-state index < -0.39 is 0 Å². The second-order valence-electron chi connectivity index (χ2n) is 3.37. The third-order valence-electron chi connectivity index (χ3n) is 2.45. The molecular weight excluding hydrogens is 212 g/mol. The molecule has 0 saturated heterocycles. The van der Waals surface area contributed by atoms with Crippen LogP contribution in [0.15, 0.2) is 0 Å². The second-order valence-corrected chi connectivity index (χ2v) is 4.36. The third kappa shape index (κ3) is 1.92. The number of aromatic nitrogens is 2. The van der Waals surface area contributed by atoms with Crippen LogP contribution in [0.25, 0.3) is 0 Å². The predicted molar refractivity (Wildman–Crippen MR) is 60.3 cm³/mol. The molecule has 6 heteroatoms. The minimum absolute atomic E-state index is 0.104. The van der Waals surface area contributed by atoms with Crippen molar-refractivity contribution in [2.24, 2.45) is 5.84 Å². The minimum Gasteiger partial charge on any atom is -0.374 e. The summed E-state index contributed by atoms with van der Waals surface area (Å²) >= 11 is 1.82. The van der Waals surface area contributed by atoms with Gasteiger partial charge in [0.15, 0.2) is 5.82 Å². The highest BCUT2D eigenvalue weighted by atomic mass is 32.2. The van der Waals surface area contributed by atoms with Crippen molar-refractivity contribution in [3.05, 3.63) is 17.1 Å². The monoisotopic (exact) mass is 226 g/mol. The van der Waals surface area contributed by atoms with Gasteiger partial charge >= 0.3 is 0 Å². The lowest BCUT2D eigenvalue weighted by atomic mass is 10.2. The smallest absolute Gasteiger partial charge is 0.159 e. The molecule has 1 unspecified atom stereocenters. The largest absolute Gasteiger partial charge is 0.374 e. The Morgan fingerprint density at radius 3 is 2.93 bits per heavy atom. The number of nitrogens with zero attached hydrogens (tertiary/aromatic N) is 2. The molecule has 2 heterocycles. The number of methoxy groups -OCH3 is 1. The van der Waals surface area contributed by atoms with Crippen molar-refractivity contribution >= 4 is 17.6 Å². The van der Waals surface area contributed by atoms with Crippen LogP contribution in [0.2, 0.25) is 0 Å². The molecule has 0 saturated carbocycles. The molecule has 2 rings (SSSR count). The SMILES string of the molecule is COC(C)c1nc2c(c(NN)n1)CSC2. The van der Waals surface area contributed by atoms with Crippen molar-refractivity contribution in [2.45, 2.75) is 24.5 Å². The number of hydrogen-bond donors (Lipinski definition) is 2. The fourth-order valence-electron chi connectivity index (χ4n) is 1.48. The molecule has 1 aliphatic heterocycles. The summed E-state index contributed by atoms with van der Waals surface area (Å²) in [4.78, 5) is 8.83. The number of fused-ring (bicyclic) bond motifs is 1. The van der Waals surface area contributed by atoms with Gasteiger partial charge in [-0.2, -0.15) is 11.8 Å². The Kier molecular flexibility index (Phi) is 3.08. The van der Waals surface area contributed by atoms with Gasteiger partial charge in [0, 0.05) is 24.2 Å². The Balaban J connectivity index is 2.43. The van der Waals surface area contributed by atoms with E-state index >= 15 is 0 Å². The summed E-state index contributed by atoms with van der Waals surface area (Å²) in [6, 6.07) is 0. The van der Waals surface area contributed by atoms with Gasteiger partial charge in [0.1, 0.15) is 11.9 Å². The van der Waals surface area contributed by atoms with E-state index in [2.05, 4.69) is 15.4 Å². The molecule has 1 aliphatic rings. The lowest BCUT2D eigenvalue weighted by Crippen LogP contribution is -2.15. The molecular formula is C9H14N4OS. The number of rotatable bonds is 3. The van der Waals surface area contributed by atoms with E-state index in [4.69, 9.17) is 10.6 Å². The Bertz CT molecular complexity index is 371. The minimum atomic E-state index is -0.104. The Labute approximate surface area is 92.8 Å². The Morgan fingerprint density at radius 2 is 2.27 bits per heavy atom. The number of hydrazine groups is 1. The topological polar surface area (TPSA) is 73.1 Å². The summed E-state index contributed by atoms with van der Waals surface area (Å²) in [7, 11) is 1.64. The molecule has 0 bridgehead atoms. The van der Waals surface area contributed by atoms with Crippen LogP contribution in [-0.2, 0) is 16.2 Å². The first-order valence-electron chi connectivity index (χ1n) is 4.73. The van der Waals surface area contributed by atoms with Gasteiger partial charge < -0.3 is 10.2 Å². The number of nitrogens with one attached hydrogen (secondary N) is 1. The van der Waals surface area contributed by atoms with E-state index in [9.17, 15) is 0 Å². The van der Waals surface area contributed by atoms with E-state index in [1.165, 1.54) is 0 Å². The summed E-state index contributed by atoms with van der Waals surface area (Å²) in [6.07, 6.45) is -0.104. The summed E-state index contributed by atoms with van der Waals surface area (Å²) < 4.78 is 5.20. The van der Waals surface area contributed by atoms with Crippen molar-refractivity contribution in [3.8, 4) is 0 Å². The highest BCUT2D eigenvalue weighted by Gasteiger charge is 2.21. The van der Waals surface area contributed by atoms with Crippen LogP contribution in [0.5, 0.6) is 0 Å². The van der Waals surface area contributed by atoms with Crippen molar-refractivity contribution in [2.75, 3.05) is 12.5 Å². The van der Waals surface area contributed by atoms with Crippen molar-refractivity contribution in [1.29, 1.82) is 0 Å². The fourth-order valence-corrected chi connectivity index (χ4v) is 2.52.